The summed E-state index contributed by atoms with van der Waals surface area (Å²) >= 11 is 5.94. The van der Waals surface area contributed by atoms with Crippen LogP contribution in [-0.4, -0.2) is 47.2 Å². The zero-order valence-corrected chi connectivity index (χ0v) is 21.0. The summed E-state index contributed by atoms with van der Waals surface area (Å²) in [4.78, 5) is 11.2. The van der Waals surface area contributed by atoms with E-state index in [4.69, 9.17) is 26.3 Å². The molecule has 1 aromatic heterocycles. The van der Waals surface area contributed by atoms with E-state index in [2.05, 4.69) is 26.3 Å². The van der Waals surface area contributed by atoms with Gasteiger partial charge in [0.2, 0.25) is 0 Å². The predicted octanol–water partition coefficient (Wildman–Crippen LogP) is 6.10. The number of nitriles is 1. The smallest absolute Gasteiger partial charge is 0.165 e. The number of methoxy groups -OCH3 is 1. The van der Waals surface area contributed by atoms with Crippen molar-refractivity contribution in [1.29, 1.82) is 5.26 Å². The Hall–Kier alpha value is -3.15. The van der Waals surface area contributed by atoms with E-state index < -0.39 is 5.82 Å². The molecule has 0 radical (unpaired) electrons. The summed E-state index contributed by atoms with van der Waals surface area (Å²) in [6.45, 7) is 2.02. The number of rotatable bonds is 6. The Labute approximate surface area is 215 Å². The third kappa shape index (κ3) is 5.18. The first-order valence-electron chi connectivity index (χ1n) is 12.4. The quantitative estimate of drug-likeness (QED) is 0.429. The molecular formula is C27H29ClFN5O2. The summed E-state index contributed by atoms with van der Waals surface area (Å²) < 4.78 is 26.5. The van der Waals surface area contributed by atoms with Gasteiger partial charge in [0, 0.05) is 23.4 Å². The molecule has 2 heterocycles. The topological polar surface area (TPSA) is 83.3 Å². The van der Waals surface area contributed by atoms with Gasteiger partial charge in [-0.1, -0.05) is 17.7 Å². The molecule has 2 fully saturated rings. The highest BCUT2D eigenvalue weighted by Crippen LogP contribution is 2.38. The minimum atomic E-state index is -0.537. The van der Waals surface area contributed by atoms with E-state index in [0.29, 0.717) is 34.3 Å². The van der Waals surface area contributed by atoms with Crippen molar-refractivity contribution in [1.82, 2.24) is 14.9 Å². The van der Waals surface area contributed by atoms with Crippen molar-refractivity contribution in [2.75, 3.05) is 25.5 Å². The first-order valence-corrected chi connectivity index (χ1v) is 12.8. The van der Waals surface area contributed by atoms with Crippen LogP contribution in [0.5, 0.6) is 11.5 Å². The first-order chi connectivity index (χ1) is 17.6. The van der Waals surface area contributed by atoms with Gasteiger partial charge in [0.25, 0.3) is 0 Å². The number of ether oxygens (including phenoxy) is 2. The number of piperidine rings is 1. The third-order valence-electron chi connectivity index (χ3n) is 7.29. The molecule has 0 atom stereocenters. The van der Waals surface area contributed by atoms with Gasteiger partial charge in [-0.2, -0.15) is 5.26 Å². The average Bonchev–Trinajstić information content (AvgIpc) is 2.91. The van der Waals surface area contributed by atoms with Gasteiger partial charge in [0.1, 0.15) is 12.1 Å². The molecule has 0 unspecified atom stereocenters. The second kappa shape index (κ2) is 10.9. The summed E-state index contributed by atoms with van der Waals surface area (Å²) in [6, 6.07) is 11.4. The fraction of sp³-hybridized carbons (Fsp3) is 0.444. The van der Waals surface area contributed by atoms with Crippen LogP contribution in [0.25, 0.3) is 10.9 Å². The fourth-order valence-corrected chi connectivity index (χ4v) is 5.42. The lowest BCUT2D eigenvalue weighted by atomic mass is 9.89. The van der Waals surface area contributed by atoms with Crippen LogP contribution in [0.2, 0.25) is 5.02 Å². The molecule has 36 heavy (non-hydrogen) atoms. The number of halogens is 2. The maximum atomic E-state index is 14.5. The largest absolute Gasteiger partial charge is 0.493 e. The lowest BCUT2D eigenvalue weighted by Gasteiger charge is -2.39. The van der Waals surface area contributed by atoms with E-state index in [1.54, 1.807) is 19.2 Å². The van der Waals surface area contributed by atoms with Gasteiger partial charge in [0.05, 0.1) is 35.5 Å². The second-order valence-corrected chi connectivity index (χ2v) is 9.86. The fourth-order valence-electron chi connectivity index (χ4n) is 5.24. The Morgan fingerprint density at radius 2 is 1.86 bits per heavy atom. The maximum absolute atomic E-state index is 14.5. The molecule has 188 valence electrons. The van der Waals surface area contributed by atoms with E-state index >= 15 is 0 Å². The van der Waals surface area contributed by atoms with Crippen LogP contribution in [0, 0.1) is 23.1 Å². The summed E-state index contributed by atoms with van der Waals surface area (Å²) in [6.07, 6.45) is 7.49. The van der Waals surface area contributed by atoms with Crippen LogP contribution in [0.4, 0.5) is 15.9 Å². The monoisotopic (exact) mass is 509 g/mol. The Morgan fingerprint density at radius 3 is 2.58 bits per heavy atom. The zero-order valence-electron chi connectivity index (χ0n) is 20.2. The van der Waals surface area contributed by atoms with Gasteiger partial charge in [-0.25, -0.2) is 14.4 Å². The van der Waals surface area contributed by atoms with Crippen LogP contribution >= 0.6 is 11.6 Å². The van der Waals surface area contributed by atoms with Gasteiger partial charge < -0.3 is 19.7 Å². The summed E-state index contributed by atoms with van der Waals surface area (Å²) in [7, 11) is 1.61. The van der Waals surface area contributed by atoms with Crippen molar-refractivity contribution in [3.63, 3.8) is 0 Å². The second-order valence-electron chi connectivity index (χ2n) is 9.46. The Morgan fingerprint density at radius 1 is 1.08 bits per heavy atom. The Balaban J connectivity index is 1.31. The molecule has 1 N–H and O–H groups in total. The standard InChI is InChI=1S/C27H29ClFN5O2/c1-35-24-14-23-20(27(32-16-31-23)33-22-4-2-3-21(28)26(22)29)13-25(24)36-19-7-5-18(6-8-19)34-11-9-17(15-30)10-12-34/h2-4,13-14,16-19H,5-12H2,1H3,(H,31,32,33)/t18-,19+. The van der Waals surface area contributed by atoms with Crippen LogP contribution in [-0.2, 0) is 0 Å². The summed E-state index contributed by atoms with van der Waals surface area (Å²) in [5, 5.41) is 12.9. The van der Waals surface area contributed by atoms with Crippen molar-refractivity contribution in [3.8, 4) is 17.6 Å². The average molecular weight is 510 g/mol. The Bertz CT molecular complexity index is 1270. The molecular weight excluding hydrogens is 481 g/mol. The van der Waals surface area contributed by atoms with Crippen molar-refractivity contribution >= 4 is 34.0 Å². The number of likely N-dealkylation sites (tertiary alicyclic amines) is 1. The molecule has 2 aliphatic rings. The van der Waals surface area contributed by atoms with Gasteiger partial charge in [-0.15, -0.1) is 0 Å². The normalized spacial score (nSPS) is 21.2. The van der Waals surface area contributed by atoms with E-state index in [9.17, 15) is 4.39 Å². The van der Waals surface area contributed by atoms with Gasteiger partial charge >= 0.3 is 0 Å². The highest BCUT2D eigenvalue weighted by molar-refractivity contribution is 6.31. The van der Waals surface area contributed by atoms with E-state index in [-0.39, 0.29) is 22.7 Å². The maximum Gasteiger partial charge on any atom is 0.165 e. The minimum absolute atomic E-state index is 0.0362. The van der Waals surface area contributed by atoms with E-state index in [1.165, 1.54) is 12.4 Å². The molecule has 1 aliphatic heterocycles. The first kappa shape index (κ1) is 24.5. The number of nitrogens with one attached hydrogen (secondary N) is 1. The van der Waals surface area contributed by atoms with Crippen LogP contribution in [0.15, 0.2) is 36.7 Å². The highest BCUT2D eigenvalue weighted by atomic mass is 35.5. The molecule has 1 aliphatic carbocycles. The lowest BCUT2D eigenvalue weighted by molar-refractivity contribution is 0.0702. The van der Waals surface area contributed by atoms with Crippen LogP contribution in [0.1, 0.15) is 38.5 Å². The van der Waals surface area contributed by atoms with Crippen molar-refractivity contribution in [2.45, 2.75) is 50.7 Å². The molecule has 0 amide bonds. The number of hydrogen-bond donors (Lipinski definition) is 1. The van der Waals surface area contributed by atoms with E-state index in [1.807, 2.05) is 12.1 Å². The van der Waals surface area contributed by atoms with Gasteiger partial charge in [0.15, 0.2) is 17.3 Å². The van der Waals surface area contributed by atoms with Gasteiger partial charge in [-0.05, 0) is 69.8 Å². The molecule has 0 bridgehead atoms. The number of hydrogen-bond acceptors (Lipinski definition) is 7. The molecule has 1 saturated carbocycles. The molecule has 1 saturated heterocycles. The van der Waals surface area contributed by atoms with Crippen molar-refractivity contribution in [3.05, 3.63) is 47.5 Å². The highest BCUT2D eigenvalue weighted by Gasteiger charge is 2.30. The molecule has 9 heteroatoms. The molecule has 2 aromatic carbocycles. The molecule has 7 nitrogen and oxygen atoms in total. The van der Waals surface area contributed by atoms with Crippen LogP contribution < -0.4 is 14.8 Å². The predicted molar refractivity (Wildman–Crippen MR) is 137 cm³/mol. The number of fused-ring (bicyclic) bond motifs is 1. The number of anilines is 2. The molecule has 0 spiro atoms. The number of nitrogens with zero attached hydrogens (tertiary/aromatic N) is 4. The molecule has 3 aromatic rings. The van der Waals surface area contributed by atoms with Crippen molar-refractivity contribution in [2.24, 2.45) is 5.92 Å². The van der Waals surface area contributed by atoms with Crippen molar-refractivity contribution < 1.29 is 13.9 Å². The van der Waals surface area contributed by atoms with E-state index in [0.717, 1.165) is 51.6 Å². The minimum Gasteiger partial charge on any atom is -0.493 e. The zero-order chi connectivity index (χ0) is 25.1. The molecule has 5 rings (SSSR count). The third-order valence-corrected chi connectivity index (χ3v) is 7.58. The van der Waals surface area contributed by atoms with Crippen LogP contribution in [0.3, 0.4) is 0 Å². The number of benzene rings is 2. The lowest BCUT2D eigenvalue weighted by Crippen LogP contribution is -2.44. The summed E-state index contributed by atoms with van der Waals surface area (Å²) in [5.41, 5.74) is 0.890. The SMILES string of the molecule is COc1cc2ncnc(Nc3cccc(Cl)c3F)c2cc1O[C@H]1CC[C@@H](N2CCC(C#N)CC2)CC1. The van der Waals surface area contributed by atoms with Gasteiger partial charge in [-0.3, -0.25) is 0 Å². The summed E-state index contributed by atoms with van der Waals surface area (Å²) in [5.74, 6) is 1.34. The Kier molecular flexibility index (Phi) is 7.40. The number of aromatic nitrogens is 2.